The summed E-state index contributed by atoms with van der Waals surface area (Å²) in [4.78, 5) is 22.3. The Morgan fingerprint density at radius 1 is 1.32 bits per heavy atom. The number of nitrogens with zero attached hydrogens (tertiary/aromatic N) is 3. The topological polar surface area (TPSA) is 46.1 Å². The molecule has 0 saturated carbocycles. The van der Waals surface area contributed by atoms with E-state index in [0.29, 0.717) is 17.8 Å². The van der Waals surface area contributed by atoms with Gasteiger partial charge in [-0.15, -0.1) is 0 Å². The molecule has 1 amide bonds. The number of aromatic nitrogens is 2. The smallest absolute Gasteiger partial charge is 0.261 e. The number of rotatable bonds is 3. The number of hydrogen-bond donors (Lipinski definition) is 0. The lowest BCUT2D eigenvalue weighted by Gasteiger charge is -2.21. The third-order valence-electron chi connectivity index (χ3n) is 3.02. The minimum absolute atomic E-state index is 0.0637. The van der Waals surface area contributed by atoms with Gasteiger partial charge in [-0.2, -0.15) is 0 Å². The second kappa shape index (κ2) is 5.61. The van der Waals surface area contributed by atoms with Gasteiger partial charge in [0.05, 0.1) is 11.3 Å². The summed E-state index contributed by atoms with van der Waals surface area (Å²) in [6.07, 6.45) is 3.03. The van der Waals surface area contributed by atoms with Crippen LogP contribution in [0.3, 0.4) is 0 Å². The summed E-state index contributed by atoms with van der Waals surface area (Å²) in [7, 11) is 0. The summed E-state index contributed by atoms with van der Waals surface area (Å²) >= 11 is 0. The summed E-state index contributed by atoms with van der Waals surface area (Å²) in [6, 6.07) is 7.90. The van der Waals surface area contributed by atoms with E-state index in [0.717, 1.165) is 11.3 Å². The monoisotopic (exact) mass is 255 g/mol. The molecule has 2 rings (SSSR count). The predicted octanol–water partition coefficient (Wildman–Crippen LogP) is 2.76. The maximum absolute atomic E-state index is 12.6. The summed E-state index contributed by atoms with van der Waals surface area (Å²) in [5, 5.41) is 0. The molecule has 0 aliphatic heterocycles. The molecule has 0 bridgehead atoms. The van der Waals surface area contributed by atoms with Crippen molar-refractivity contribution in [3.63, 3.8) is 0 Å². The van der Waals surface area contributed by atoms with Gasteiger partial charge in [-0.1, -0.05) is 12.1 Å². The molecule has 0 fully saturated rings. The highest BCUT2D eigenvalue weighted by atomic mass is 16.2. The van der Waals surface area contributed by atoms with Crippen LogP contribution >= 0.6 is 0 Å². The Morgan fingerprint density at radius 3 is 2.74 bits per heavy atom. The molecule has 1 aromatic heterocycles. The van der Waals surface area contributed by atoms with Gasteiger partial charge in [-0.3, -0.25) is 4.79 Å². The predicted molar refractivity (Wildman–Crippen MR) is 75.3 cm³/mol. The first-order valence-corrected chi connectivity index (χ1v) is 6.28. The second-order valence-corrected chi connectivity index (χ2v) is 4.41. The normalized spacial score (nSPS) is 10.3. The molecule has 0 radical (unpaired) electrons. The SMILES string of the molecule is CCN(C(=O)c1cncnc1C)c1cccc(C)c1. The first-order chi connectivity index (χ1) is 9.13. The van der Waals surface area contributed by atoms with Gasteiger partial charge in [-0.25, -0.2) is 9.97 Å². The molecule has 0 spiro atoms. The number of amides is 1. The van der Waals surface area contributed by atoms with E-state index in [-0.39, 0.29) is 5.91 Å². The van der Waals surface area contributed by atoms with Crippen molar-refractivity contribution in [1.82, 2.24) is 9.97 Å². The van der Waals surface area contributed by atoms with Crippen molar-refractivity contribution in [3.05, 3.63) is 53.6 Å². The quantitative estimate of drug-likeness (QED) is 0.847. The van der Waals surface area contributed by atoms with E-state index >= 15 is 0 Å². The fraction of sp³-hybridized carbons (Fsp3) is 0.267. The first kappa shape index (κ1) is 13.2. The van der Waals surface area contributed by atoms with E-state index in [1.165, 1.54) is 6.33 Å². The van der Waals surface area contributed by atoms with E-state index in [9.17, 15) is 4.79 Å². The lowest BCUT2D eigenvalue weighted by molar-refractivity contribution is 0.0987. The highest BCUT2D eigenvalue weighted by molar-refractivity contribution is 6.06. The van der Waals surface area contributed by atoms with Gasteiger partial charge >= 0.3 is 0 Å². The van der Waals surface area contributed by atoms with E-state index in [1.54, 1.807) is 11.1 Å². The van der Waals surface area contributed by atoms with E-state index in [2.05, 4.69) is 9.97 Å². The summed E-state index contributed by atoms with van der Waals surface area (Å²) in [5.41, 5.74) is 3.28. The Hall–Kier alpha value is -2.23. The number of benzene rings is 1. The Bertz CT molecular complexity index is 595. The number of anilines is 1. The molecule has 19 heavy (non-hydrogen) atoms. The fourth-order valence-electron chi connectivity index (χ4n) is 1.99. The molecule has 4 heteroatoms. The van der Waals surface area contributed by atoms with Gasteiger partial charge in [-0.05, 0) is 38.5 Å². The number of aryl methyl sites for hydroxylation is 2. The third kappa shape index (κ3) is 2.78. The van der Waals surface area contributed by atoms with Gasteiger partial charge < -0.3 is 4.90 Å². The molecule has 98 valence electrons. The average Bonchev–Trinajstić information content (AvgIpc) is 2.40. The zero-order valence-electron chi connectivity index (χ0n) is 11.4. The maximum Gasteiger partial charge on any atom is 0.261 e. The standard InChI is InChI=1S/C15H17N3O/c1-4-18(13-7-5-6-11(2)8-13)15(19)14-9-16-10-17-12(14)3/h5-10H,4H2,1-3H3. The highest BCUT2D eigenvalue weighted by Gasteiger charge is 2.18. The van der Waals surface area contributed by atoms with E-state index in [4.69, 9.17) is 0 Å². The molecule has 2 aromatic rings. The first-order valence-electron chi connectivity index (χ1n) is 6.28. The van der Waals surface area contributed by atoms with Crippen LogP contribution in [-0.4, -0.2) is 22.4 Å². The van der Waals surface area contributed by atoms with Crippen LogP contribution in [-0.2, 0) is 0 Å². The van der Waals surface area contributed by atoms with Crippen LogP contribution in [0.25, 0.3) is 0 Å². The Kier molecular flexibility index (Phi) is 3.90. The zero-order valence-corrected chi connectivity index (χ0v) is 11.4. The minimum Gasteiger partial charge on any atom is -0.309 e. The molecular weight excluding hydrogens is 238 g/mol. The Morgan fingerprint density at radius 2 is 2.11 bits per heavy atom. The van der Waals surface area contributed by atoms with Gasteiger partial charge in [0.15, 0.2) is 0 Å². The van der Waals surface area contributed by atoms with Crippen LogP contribution in [0.1, 0.15) is 28.5 Å². The van der Waals surface area contributed by atoms with Crippen molar-refractivity contribution < 1.29 is 4.79 Å². The summed E-state index contributed by atoms with van der Waals surface area (Å²) in [5.74, 6) is -0.0637. The van der Waals surface area contributed by atoms with Gasteiger partial charge in [0.25, 0.3) is 5.91 Å². The molecule has 0 aliphatic rings. The number of carbonyl (C=O) groups is 1. The Balaban J connectivity index is 2.38. The zero-order chi connectivity index (χ0) is 13.8. The summed E-state index contributed by atoms with van der Waals surface area (Å²) in [6.45, 7) is 6.40. The van der Waals surface area contributed by atoms with Crippen molar-refractivity contribution in [1.29, 1.82) is 0 Å². The minimum atomic E-state index is -0.0637. The van der Waals surface area contributed by atoms with Crippen LogP contribution in [0.5, 0.6) is 0 Å². The van der Waals surface area contributed by atoms with Crippen molar-refractivity contribution in [2.45, 2.75) is 20.8 Å². The van der Waals surface area contributed by atoms with Crippen molar-refractivity contribution in [3.8, 4) is 0 Å². The molecule has 0 atom stereocenters. The highest BCUT2D eigenvalue weighted by Crippen LogP contribution is 2.19. The van der Waals surface area contributed by atoms with Gasteiger partial charge in [0.1, 0.15) is 6.33 Å². The molecule has 0 saturated heterocycles. The van der Waals surface area contributed by atoms with Crippen molar-refractivity contribution in [2.75, 3.05) is 11.4 Å². The maximum atomic E-state index is 12.6. The van der Waals surface area contributed by atoms with Crippen LogP contribution in [0.2, 0.25) is 0 Å². The van der Waals surface area contributed by atoms with Crippen LogP contribution in [0.15, 0.2) is 36.8 Å². The van der Waals surface area contributed by atoms with Crippen LogP contribution in [0.4, 0.5) is 5.69 Å². The average molecular weight is 255 g/mol. The molecule has 0 N–H and O–H groups in total. The van der Waals surface area contributed by atoms with Crippen molar-refractivity contribution >= 4 is 11.6 Å². The van der Waals surface area contributed by atoms with E-state index in [1.807, 2.05) is 45.0 Å². The number of carbonyl (C=O) groups excluding carboxylic acids is 1. The molecule has 1 heterocycles. The van der Waals surface area contributed by atoms with Gasteiger partial charge in [0, 0.05) is 18.4 Å². The van der Waals surface area contributed by atoms with Crippen molar-refractivity contribution in [2.24, 2.45) is 0 Å². The Labute approximate surface area is 113 Å². The van der Waals surface area contributed by atoms with Crippen LogP contribution in [0, 0.1) is 13.8 Å². The molecule has 1 aromatic carbocycles. The molecule has 0 unspecified atom stereocenters. The van der Waals surface area contributed by atoms with Gasteiger partial charge in [0.2, 0.25) is 0 Å². The third-order valence-corrected chi connectivity index (χ3v) is 3.02. The molecular formula is C15H17N3O. The number of hydrogen-bond acceptors (Lipinski definition) is 3. The fourth-order valence-corrected chi connectivity index (χ4v) is 1.99. The second-order valence-electron chi connectivity index (χ2n) is 4.41. The largest absolute Gasteiger partial charge is 0.309 e. The molecule has 0 aliphatic carbocycles. The lowest BCUT2D eigenvalue weighted by Crippen LogP contribution is -2.31. The summed E-state index contributed by atoms with van der Waals surface area (Å²) < 4.78 is 0. The van der Waals surface area contributed by atoms with Crippen LogP contribution < -0.4 is 4.90 Å². The lowest BCUT2D eigenvalue weighted by atomic mass is 10.1. The van der Waals surface area contributed by atoms with E-state index < -0.39 is 0 Å². The molecule has 4 nitrogen and oxygen atoms in total.